The van der Waals surface area contributed by atoms with E-state index in [1.165, 1.54) is 0 Å². The highest BCUT2D eigenvalue weighted by Crippen LogP contribution is 2.27. The zero-order valence-electron chi connectivity index (χ0n) is 14.0. The Morgan fingerprint density at radius 2 is 1.76 bits per heavy atom. The van der Waals surface area contributed by atoms with Gasteiger partial charge in [0.15, 0.2) is 5.43 Å². The highest BCUT2D eigenvalue weighted by atomic mass is 79.9. The summed E-state index contributed by atoms with van der Waals surface area (Å²) in [6, 6.07) is 14.8. The standard InChI is InChI=1S/C20H19BrO4/c1-14-19(22)17-4-2-3-5-18(17)25-20(14)15-6-8-16(9-7-15)24-13-12-23-11-10-21/h2-9H,10-13H2,1H3. The smallest absolute Gasteiger partial charge is 0.196 e. The van der Waals surface area contributed by atoms with Crippen LogP contribution in [0, 0.1) is 6.92 Å². The summed E-state index contributed by atoms with van der Waals surface area (Å²) in [7, 11) is 0. The maximum Gasteiger partial charge on any atom is 0.196 e. The normalized spacial score (nSPS) is 11.0. The van der Waals surface area contributed by atoms with Gasteiger partial charge < -0.3 is 13.9 Å². The van der Waals surface area contributed by atoms with E-state index in [0.29, 0.717) is 42.1 Å². The second kappa shape index (κ2) is 8.32. The highest BCUT2D eigenvalue weighted by Gasteiger charge is 2.12. The van der Waals surface area contributed by atoms with Gasteiger partial charge in [-0.2, -0.15) is 0 Å². The molecule has 0 aliphatic carbocycles. The molecule has 25 heavy (non-hydrogen) atoms. The fraction of sp³-hybridized carbons (Fsp3) is 0.250. The van der Waals surface area contributed by atoms with Gasteiger partial charge in [0.05, 0.1) is 18.6 Å². The van der Waals surface area contributed by atoms with Crippen LogP contribution < -0.4 is 10.2 Å². The monoisotopic (exact) mass is 402 g/mol. The quantitative estimate of drug-likeness (QED) is 0.429. The van der Waals surface area contributed by atoms with Crippen molar-refractivity contribution < 1.29 is 13.9 Å². The van der Waals surface area contributed by atoms with E-state index in [0.717, 1.165) is 16.6 Å². The second-order valence-corrected chi connectivity index (χ2v) is 6.35. The first kappa shape index (κ1) is 17.7. The minimum absolute atomic E-state index is 0.00103. The van der Waals surface area contributed by atoms with E-state index in [1.54, 1.807) is 13.0 Å². The molecule has 0 unspecified atom stereocenters. The van der Waals surface area contributed by atoms with Crippen molar-refractivity contribution in [3.05, 3.63) is 64.3 Å². The van der Waals surface area contributed by atoms with Crippen LogP contribution >= 0.6 is 15.9 Å². The van der Waals surface area contributed by atoms with Gasteiger partial charge in [-0.15, -0.1) is 0 Å². The highest BCUT2D eigenvalue weighted by molar-refractivity contribution is 9.09. The van der Waals surface area contributed by atoms with Crippen molar-refractivity contribution in [2.45, 2.75) is 6.92 Å². The van der Waals surface area contributed by atoms with Gasteiger partial charge in [-0.1, -0.05) is 28.1 Å². The van der Waals surface area contributed by atoms with Crippen molar-refractivity contribution in [3.63, 3.8) is 0 Å². The summed E-state index contributed by atoms with van der Waals surface area (Å²) < 4.78 is 16.9. The molecule has 0 bridgehead atoms. The van der Waals surface area contributed by atoms with Gasteiger partial charge in [0.25, 0.3) is 0 Å². The number of hydrogen-bond acceptors (Lipinski definition) is 4. The molecule has 0 amide bonds. The number of alkyl halides is 1. The van der Waals surface area contributed by atoms with Gasteiger partial charge in [0, 0.05) is 16.5 Å². The van der Waals surface area contributed by atoms with Crippen molar-refractivity contribution in [2.75, 3.05) is 25.2 Å². The topological polar surface area (TPSA) is 48.7 Å². The first-order valence-corrected chi connectivity index (χ1v) is 9.22. The molecule has 0 N–H and O–H groups in total. The molecule has 3 rings (SSSR count). The van der Waals surface area contributed by atoms with Gasteiger partial charge in [0.1, 0.15) is 23.7 Å². The Hall–Kier alpha value is -2.11. The Bertz CT molecular complexity index is 900. The van der Waals surface area contributed by atoms with E-state index in [4.69, 9.17) is 13.9 Å². The lowest BCUT2D eigenvalue weighted by Crippen LogP contribution is -2.08. The van der Waals surface area contributed by atoms with Crippen molar-refractivity contribution >= 4 is 26.9 Å². The molecular weight excluding hydrogens is 384 g/mol. The summed E-state index contributed by atoms with van der Waals surface area (Å²) in [6.45, 7) is 3.50. The number of para-hydroxylation sites is 1. The minimum atomic E-state index is 0.00103. The van der Waals surface area contributed by atoms with Crippen LogP contribution in [-0.2, 0) is 4.74 Å². The maximum atomic E-state index is 12.5. The fourth-order valence-corrected chi connectivity index (χ4v) is 2.82. The Morgan fingerprint density at radius 1 is 1.00 bits per heavy atom. The molecular formula is C20H19BrO4. The van der Waals surface area contributed by atoms with Crippen molar-refractivity contribution in [1.29, 1.82) is 0 Å². The lowest BCUT2D eigenvalue weighted by molar-refractivity contribution is 0.112. The number of halogens is 1. The van der Waals surface area contributed by atoms with E-state index < -0.39 is 0 Å². The average Bonchev–Trinajstić information content (AvgIpc) is 2.65. The Balaban J connectivity index is 1.79. The summed E-state index contributed by atoms with van der Waals surface area (Å²) in [4.78, 5) is 12.5. The zero-order valence-corrected chi connectivity index (χ0v) is 15.5. The molecule has 0 aliphatic rings. The van der Waals surface area contributed by atoms with Crippen LogP contribution in [0.1, 0.15) is 5.56 Å². The Kier molecular flexibility index (Phi) is 5.89. The third kappa shape index (κ3) is 4.11. The van der Waals surface area contributed by atoms with E-state index in [2.05, 4.69) is 15.9 Å². The van der Waals surface area contributed by atoms with Gasteiger partial charge in [0.2, 0.25) is 0 Å². The van der Waals surface area contributed by atoms with Crippen molar-refractivity contribution in [3.8, 4) is 17.1 Å². The van der Waals surface area contributed by atoms with Gasteiger partial charge in [-0.3, -0.25) is 4.79 Å². The predicted molar refractivity (Wildman–Crippen MR) is 103 cm³/mol. The van der Waals surface area contributed by atoms with Crippen LogP contribution in [0.4, 0.5) is 0 Å². The summed E-state index contributed by atoms with van der Waals surface area (Å²) in [5, 5.41) is 1.42. The first-order chi connectivity index (χ1) is 12.2. The molecule has 3 aromatic rings. The molecule has 0 atom stereocenters. The van der Waals surface area contributed by atoms with Crippen molar-refractivity contribution in [2.24, 2.45) is 0 Å². The lowest BCUT2D eigenvalue weighted by atomic mass is 10.1. The van der Waals surface area contributed by atoms with Gasteiger partial charge in [-0.05, 0) is 43.3 Å². The summed E-state index contributed by atoms with van der Waals surface area (Å²) >= 11 is 3.31. The molecule has 1 aromatic heterocycles. The number of benzene rings is 2. The largest absolute Gasteiger partial charge is 0.491 e. The molecule has 0 aliphatic heterocycles. The van der Waals surface area contributed by atoms with E-state index in [-0.39, 0.29) is 5.43 Å². The zero-order chi connectivity index (χ0) is 17.6. The molecule has 0 spiro atoms. The first-order valence-electron chi connectivity index (χ1n) is 8.10. The van der Waals surface area contributed by atoms with Crippen LogP contribution in [0.3, 0.4) is 0 Å². The number of ether oxygens (including phenoxy) is 2. The van der Waals surface area contributed by atoms with Gasteiger partial charge in [-0.25, -0.2) is 0 Å². The number of hydrogen-bond donors (Lipinski definition) is 0. The molecule has 1 heterocycles. The van der Waals surface area contributed by atoms with Gasteiger partial charge >= 0.3 is 0 Å². The van der Waals surface area contributed by atoms with Crippen LogP contribution in [0.5, 0.6) is 5.75 Å². The SMILES string of the molecule is Cc1c(-c2ccc(OCCOCCBr)cc2)oc2ccccc2c1=O. The minimum Gasteiger partial charge on any atom is -0.491 e. The van der Waals surface area contributed by atoms with Crippen LogP contribution in [0.25, 0.3) is 22.3 Å². The average molecular weight is 403 g/mol. The van der Waals surface area contributed by atoms with Crippen molar-refractivity contribution in [1.82, 2.24) is 0 Å². The molecule has 5 heteroatoms. The molecule has 4 nitrogen and oxygen atoms in total. The molecule has 2 aromatic carbocycles. The number of rotatable bonds is 7. The third-order valence-corrected chi connectivity index (χ3v) is 4.18. The van der Waals surface area contributed by atoms with E-state index in [9.17, 15) is 4.79 Å². The van der Waals surface area contributed by atoms with E-state index >= 15 is 0 Å². The maximum absolute atomic E-state index is 12.5. The fourth-order valence-electron chi connectivity index (χ4n) is 2.59. The Morgan fingerprint density at radius 3 is 2.52 bits per heavy atom. The lowest BCUT2D eigenvalue weighted by Gasteiger charge is -2.09. The van der Waals surface area contributed by atoms with Crippen LogP contribution in [0.2, 0.25) is 0 Å². The predicted octanol–water partition coefficient (Wildman–Crippen LogP) is 4.56. The summed E-state index contributed by atoms with van der Waals surface area (Å²) in [5.74, 6) is 1.35. The third-order valence-electron chi connectivity index (χ3n) is 3.86. The van der Waals surface area contributed by atoms with Crippen LogP contribution in [0.15, 0.2) is 57.7 Å². The second-order valence-electron chi connectivity index (χ2n) is 5.56. The van der Waals surface area contributed by atoms with E-state index in [1.807, 2.05) is 42.5 Å². The summed E-state index contributed by atoms with van der Waals surface area (Å²) in [6.07, 6.45) is 0. The molecule has 130 valence electrons. The molecule has 0 fully saturated rings. The number of fused-ring (bicyclic) bond motifs is 1. The molecule has 0 saturated carbocycles. The van der Waals surface area contributed by atoms with Crippen LogP contribution in [-0.4, -0.2) is 25.2 Å². The molecule has 0 radical (unpaired) electrons. The summed E-state index contributed by atoms with van der Waals surface area (Å²) in [5.41, 5.74) is 2.05. The molecule has 0 saturated heterocycles. The Labute approximate surface area is 154 Å².